The molecule has 1 aromatic carbocycles. The van der Waals surface area contributed by atoms with Gasteiger partial charge in [-0.2, -0.15) is 0 Å². The van der Waals surface area contributed by atoms with Gasteiger partial charge in [-0.1, -0.05) is 27.5 Å². The van der Waals surface area contributed by atoms with Gasteiger partial charge in [0.2, 0.25) is 11.8 Å². The summed E-state index contributed by atoms with van der Waals surface area (Å²) < 4.78 is 6.33. The molecule has 0 saturated heterocycles. The summed E-state index contributed by atoms with van der Waals surface area (Å²) in [7, 11) is 0. The molecule has 0 saturated carbocycles. The van der Waals surface area contributed by atoms with Crippen LogP contribution in [0.15, 0.2) is 27.1 Å². The third-order valence-electron chi connectivity index (χ3n) is 2.41. The quantitative estimate of drug-likeness (QED) is 0.896. The molecule has 1 aromatic heterocycles. The van der Waals surface area contributed by atoms with E-state index in [1.165, 1.54) is 0 Å². The van der Waals surface area contributed by atoms with Gasteiger partial charge in [-0.3, -0.25) is 4.79 Å². The van der Waals surface area contributed by atoms with Crippen LogP contribution in [0.3, 0.4) is 0 Å². The molecule has 100 valence electrons. The minimum absolute atomic E-state index is 0.0787. The first-order valence-corrected chi connectivity index (χ1v) is 6.73. The molecule has 5 nitrogen and oxygen atoms in total. The normalized spacial score (nSPS) is 10.6. The van der Waals surface area contributed by atoms with Crippen molar-refractivity contribution in [3.8, 4) is 11.5 Å². The highest BCUT2D eigenvalue weighted by molar-refractivity contribution is 9.10. The van der Waals surface area contributed by atoms with Crippen LogP contribution >= 0.6 is 27.5 Å². The number of halogens is 2. The van der Waals surface area contributed by atoms with Gasteiger partial charge >= 0.3 is 5.97 Å². The number of carboxylic acids is 1. The fourth-order valence-electron chi connectivity index (χ4n) is 1.52. The van der Waals surface area contributed by atoms with Crippen molar-refractivity contribution in [3.05, 3.63) is 33.6 Å². The summed E-state index contributed by atoms with van der Waals surface area (Å²) in [4.78, 5) is 10.4. The lowest BCUT2D eigenvalue weighted by Gasteiger charge is -1.99. The largest absolute Gasteiger partial charge is 0.481 e. The van der Waals surface area contributed by atoms with Gasteiger partial charge < -0.3 is 9.52 Å². The molecule has 0 fully saturated rings. The minimum atomic E-state index is -0.838. The average Bonchev–Trinajstić information content (AvgIpc) is 2.80. The van der Waals surface area contributed by atoms with E-state index >= 15 is 0 Å². The van der Waals surface area contributed by atoms with Crippen LogP contribution in [-0.2, 0) is 11.2 Å². The molecule has 19 heavy (non-hydrogen) atoms. The summed E-state index contributed by atoms with van der Waals surface area (Å²) in [5.74, 6) is -0.0984. The standard InChI is InChI=1S/C12H10BrClN2O3/c13-7-4-5-9(14)8(6-7)12-16-15-10(19-12)2-1-3-11(17)18/h4-6H,1-3H2,(H,17,18). The second kappa shape index (κ2) is 6.16. The zero-order chi connectivity index (χ0) is 13.8. The number of benzene rings is 1. The number of aryl methyl sites for hydroxylation is 1. The first-order valence-electron chi connectivity index (χ1n) is 5.56. The van der Waals surface area contributed by atoms with Crippen molar-refractivity contribution in [2.75, 3.05) is 0 Å². The molecule has 0 spiro atoms. The second-order valence-corrected chi connectivity index (χ2v) is 5.20. The summed E-state index contributed by atoms with van der Waals surface area (Å²) in [5, 5.41) is 16.9. The smallest absolute Gasteiger partial charge is 0.303 e. The third kappa shape index (κ3) is 3.78. The van der Waals surface area contributed by atoms with Crippen LogP contribution in [0.4, 0.5) is 0 Å². The van der Waals surface area contributed by atoms with Crippen LogP contribution in [0.1, 0.15) is 18.7 Å². The molecule has 2 aromatic rings. The molecule has 0 atom stereocenters. The third-order valence-corrected chi connectivity index (χ3v) is 3.23. The molecule has 0 aliphatic carbocycles. The van der Waals surface area contributed by atoms with E-state index in [1.807, 2.05) is 6.07 Å². The van der Waals surface area contributed by atoms with Gasteiger partial charge in [0, 0.05) is 17.3 Å². The van der Waals surface area contributed by atoms with Crippen LogP contribution in [0.2, 0.25) is 5.02 Å². The van der Waals surface area contributed by atoms with Crippen LogP contribution in [0.5, 0.6) is 0 Å². The van der Waals surface area contributed by atoms with Crippen molar-refractivity contribution in [1.29, 1.82) is 0 Å². The zero-order valence-corrected chi connectivity index (χ0v) is 12.1. The van der Waals surface area contributed by atoms with E-state index in [0.717, 1.165) is 4.47 Å². The Bertz CT molecular complexity index is 600. The fourth-order valence-corrected chi connectivity index (χ4v) is 2.08. The summed E-state index contributed by atoms with van der Waals surface area (Å²) in [6.45, 7) is 0. The molecule has 1 N–H and O–H groups in total. The SMILES string of the molecule is O=C(O)CCCc1nnc(-c2cc(Br)ccc2Cl)o1. The van der Waals surface area contributed by atoms with Gasteiger partial charge in [-0.25, -0.2) is 0 Å². The molecular weight excluding hydrogens is 336 g/mol. The number of aromatic nitrogens is 2. The number of rotatable bonds is 5. The minimum Gasteiger partial charge on any atom is -0.481 e. The summed E-state index contributed by atoms with van der Waals surface area (Å²) in [6.07, 6.45) is 0.976. The van der Waals surface area contributed by atoms with Gasteiger partial charge in [0.15, 0.2) is 0 Å². The van der Waals surface area contributed by atoms with Crippen molar-refractivity contribution in [2.24, 2.45) is 0 Å². The highest BCUT2D eigenvalue weighted by Crippen LogP contribution is 2.29. The number of carboxylic acid groups (broad SMARTS) is 1. The lowest BCUT2D eigenvalue weighted by atomic mass is 10.2. The lowest BCUT2D eigenvalue weighted by molar-refractivity contribution is -0.137. The van der Waals surface area contributed by atoms with Crippen LogP contribution in [-0.4, -0.2) is 21.3 Å². The van der Waals surface area contributed by atoms with Crippen molar-refractivity contribution in [1.82, 2.24) is 10.2 Å². The maximum atomic E-state index is 10.4. The van der Waals surface area contributed by atoms with Gasteiger partial charge in [-0.15, -0.1) is 10.2 Å². The molecule has 0 radical (unpaired) electrons. The Morgan fingerprint density at radius 1 is 1.42 bits per heavy atom. The van der Waals surface area contributed by atoms with E-state index in [-0.39, 0.29) is 6.42 Å². The van der Waals surface area contributed by atoms with E-state index in [0.29, 0.717) is 35.2 Å². The Hall–Kier alpha value is -1.40. The lowest BCUT2D eigenvalue weighted by Crippen LogP contribution is -1.95. The molecule has 0 aliphatic heterocycles. The van der Waals surface area contributed by atoms with E-state index in [9.17, 15) is 4.79 Å². The molecule has 2 rings (SSSR count). The monoisotopic (exact) mass is 344 g/mol. The molecule has 0 aliphatic rings. The highest BCUT2D eigenvalue weighted by atomic mass is 79.9. The maximum Gasteiger partial charge on any atom is 0.303 e. The van der Waals surface area contributed by atoms with E-state index in [4.69, 9.17) is 21.1 Å². The highest BCUT2D eigenvalue weighted by Gasteiger charge is 2.12. The first-order chi connectivity index (χ1) is 9.06. The van der Waals surface area contributed by atoms with Gasteiger partial charge in [0.1, 0.15) is 0 Å². The van der Waals surface area contributed by atoms with Crippen LogP contribution in [0, 0.1) is 0 Å². The fraction of sp³-hybridized carbons (Fsp3) is 0.250. The predicted octanol–water partition coefficient (Wildman–Crippen LogP) is 3.56. The number of aliphatic carboxylic acids is 1. The molecule has 1 heterocycles. The first kappa shape index (κ1) is 14.0. The van der Waals surface area contributed by atoms with E-state index in [1.54, 1.807) is 12.1 Å². The Morgan fingerprint density at radius 2 is 2.21 bits per heavy atom. The van der Waals surface area contributed by atoms with E-state index in [2.05, 4.69) is 26.1 Å². The van der Waals surface area contributed by atoms with Gasteiger partial charge in [0.05, 0.1) is 10.6 Å². The van der Waals surface area contributed by atoms with Gasteiger partial charge in [0.25, 0.3) is 0 Å². The molecule has 0 bridgehead atoms. The topological polar surface area (TPSA) is 76.2 Å². The number of hydrogen-bond acceptors (Lipinski definition) is 4. The van der Waals surface area contributed by atoms with Crippen molar-refractivity contribution in [2.45, 2.75) is 19.3 Å². The Kier molecular flexibility index (Phi) is 4.55. The summed E-state index contributed by atoms with van der Waals surface area (Å²) in [6, 6.07) is 5.34. The molecular formula is C12H10BrClN2O3. The Balaban J connectivity index is 2.12. The Morgan fingerprint density at radius 3 is 2.95 bits per heavy atom. The summed E-state index contributed by atoms with van der Waals surface area (Å²) >= 11 is 9.40. The summed E-state index contributed by atoms with van der Waals surface area (Å²) in [5.41, 5.74) is 0.646. The molecule has 0 unspecified atom stereocenters. The van der Waals surface area contributed by atoms with Gasteiger partial charge in [-0.05, 0) is 24.6 Å². The zero-order valence-electron chi connectivity index (χ0n) is 9.77. The number of carbonyl (C=O) groups is 1. The van der Waals surface area contributed by atoms with Crippen molar-refractivity contribution in [3.63, 3.8) is 0 Å². The van der Waals surface area contributed by atoms with Crippen LogP contribution < -0.4 is 0 Å². The number of hydrogen-bond donors (Lipinski definition) is 1. The maximum absolute atomic E-state index is 10.4. The molecule has 7 heteroatoms. The second-order valence-electron chi connectivity index (χ2n) is 3.87. The van der Waals surface area contributed by atoms with Crippen molar-refractivity contribution >= 4 is 33.5 Å². The average molecular weight is 346 g/mol. The number of nitrogens with zero attached hydrogens (tertiary/aromatic N) is 2. The van der Waals surface area contributed by atoms with Crippen molar-refractivity contribution < 1.29 is 14.3 Å². The predicted molar refractivity (Wildman–Crippen MR) is 73.0 cm³/mol. The Labute approximate surface area is 122 Å². The van der Waals surface area contributed by atoms with E-state index < -0.39 is 5.97 Å². The van der Waals surface area contributed by atoms with Crippen LogP contribution in [0.25, 0.3) is 11.5 Å². The molecule has 0 amide bonds.